The van der Waals surface area contributed by atoms with E-state index in [0.29, 0.717) is 0 Å². The molecule has 0 aliphatic heterocycles. The van der Waals surface area contributed by atoms with Crippen LogP contribution in [0.25, 0.3) is 0 Å². The third kappa shape index (κ3) is 1.79. The van der Waals surface area contributed by atoms with Gasteiger partial charge < -0.3 is 4.57 Å². The van der Waals surface area contributed by atoms with Crippen molar-refractivity contribution in [2.75, 3.05) is 0 Å². The number of rotatable bonds is 1. The van der Waals surface area contributed by atoms with Gasteiger partial charge in [-0.1, -0.05) is 19.3 Å². The van der Waals surface area contributed by atoms with Crippen LogP contribution in [0.3, 0.4) is 0 Å². The van der Waals surface area contributed by atoms with Crippen molar-refractivity contribution in [3.05, 3.63) is 23.5 Å². The van der Waals surface area contributed by atoms with Gasteiger partial charge in [-0.25, -0.2) is 0 Å². The highest BCUT2D eigenvalue weighted by molar-refractivity contribution is 5.16. The van der Waals surface area contributed by atoms with E-state index in [4.69, 9.17) is 0 Å². The molecule has 13 heavy (non-hydrogen) atoms. The van der Waals surface area contributed by atoms with E-state index in [9.17, 15) is 0 Å². The maximum Gasteiger partial charge on any atom is 0.0333 e. The summed E-state index contributed by atoms with van der Waals surface area (Å²) in [5.41, 5.74) is 2.84. The van der Waals surface area contributed by atoms with Gasteiger partial charge in [-0.2, -0.15) is 0 Å². The Kier molecular flexibility index (Phi) is 2.43. The molecule has 1 heterocycles. The summed E-state index contributed by atoms with van der Waals surface area (Å²) in [5, 5.41) is 0. The van der Waals surface area contributed by atoms with Crippen LogP contribution < -0.4 is 0 Å². The standard InChI is InChI=1S/C12H19N/c1-10-8-11(2)13(9-10)12-6-4-3-5-7-12/h8-9,12H,3-7H2,1-2H3. The molecule has 1 saturated carbocycles. The Labute approximate surface area is 80.8 Å². The summed E-state index contributed by atoms with van der Waals surface area (Å²) < 4.78 is 2.48. The number of hydrogen-bond donors (Lipinski definition) is 0. The molecule has 0 bridgehead atoms. The van der Waals surface area contributed by atoms with E-state index in [2.05, 4.69) is 30.7 Å². The molecule has 1 fully saturated rings. The lowest BCUT2D eigenvalue weighted by Crippen LogP contribution is -2.12. The van der Waals surface area contributed by atoms with Crippen LogP contribution in [-0.2, 0) is 0 Å². The Bertz CT molecular complexity index is 279. The summed E-state index contributed by atoms with van der Waals surface area (Å²) in [4.78, 5) is 0. The van der Waals surface area contributed by atoms with Gasteiger partial charge in [0, 0.05) is 17.9 Å². The molecular weight excluding hydrogens is 158 g/mol. The fraction of sp³-hybridized carbons (Fsp3) is 0.667. The third-order valence-electron chi connectivity index (χ3n) is 3.15. The van der Waals surface area contributed by atoms with Gasteiger partial charge in [0.25, 0.3) is 0 Å². The molecule has 1 aromatic heterocycles. The second-order valence-corrected chi connectivity index (χ2v) is 4.36. The summed E-state index contributed by atoms with van der Waals surface area (Å²) >= 11 is 0. The summed E-state index contributed by atoms with van der Waals surface area (Å²) in [6.45, 7) is 4.41. The highest BCUT2D eigenvalue weighted by Gasteiger charge is 2.15. The Morgan fingerprint density at radius 1 is 1.15 bits per heavy atom. The molecule has 1 aliphatic carbocycles. The van der Waals surface area contributed by atoms with Crippen molar-refractivity contribution in [3.63, 3.8) is 0 Å². The first-order valence-electron chi connectivity index (χ1n) is 5.42. The zero-order valence-electron chi connectivity index (χ0n) is 8.71. The second-order valence-electron chi connectivity index (χ2n) is 4.36. The summed E-state index contributed by atoms with van der Waals surface area (Å²) in [6.07, 6.45) is 9.35. The molecule has 0 radical (unpaired) electrons. The molecule has 0 amide bonds. The van der Waals surface area contributed by atoms with Crippen molar-refractivity contribution in [1.82, 2.24) is 4.57 Å². The van der Waals surface area contributed by atoms with E-state index >= 15 is 0 Å². The highest BCUT2D eigenvalue weighted by atomic mass is 15.0. The van der Waals surface area contributed by atoms with Crippen LogP contribution in [0, 0.1) is 13.8 Å². The van der Waals surface area contributed by atoms with Crippen molar-refractivity contribution in [2.45, 2.75) is 52.0 Å². The van der Waals surface area contributed by atoms with E-state index in [0.717, 1.165) is 6.04 Å². The zero-order chi connectivity index (χ0) is 9.26. The first kappa shape index (κ1) is 8.86. The van der Waals surface area contributed by atoms with Crippen molar-refractivity contribution < 1.29 is 0 Å². The monoisotopic (exact) mass is 177 g/mol. The molecular formula is C12H19N. The lowest BCUT2D eigenvalue weighted by Gasteiger charge is -2.24. The van der Waals surface area contributed by atoms with Crippen molar-refractivity contribution in [2.24, 2.45) is 0 Å². The zero-order valence-corrected chi connectivity index (χ0v) is 8.71. The fourth-order valence-corrected chi connectivity index (χ4v) is 2.52. The average Bonchev–Trinajstić information content (AvgIpc) is 2.47. The van der Waals surface area contributed by atoms with Crippen LogP contribution in [0.5, 0.6) is 0 Å². The minimum Gasteiger partial charge on any atom is -0.348 e. The lowest BCUT2D eigenvalue weighted by atomic mass is 9.95. The third-order valence-corrected chi connectivity index (χ3v) is 3.15. The Morgan fingerprint density at radius 2 is 1.85 bits per heavy atom. The van der Waals surface area contributed by atoms with Gasteiger partial charge in [0.2, 0.25) is 0 Å². The molecule has 1 aliphatic rings. The number of aromatic nitrogens is 1. The first-order chi connectivity index (χ1) is 6.27. The minimum atomic E-state index is 0.794. The van der Waals surface area contributed by atoms with Crippen LogP contribution in [0.15, 0.2) is 12.3 Å². The topological polar surface area (TPSA) is 4.93 Å². The Hall–Kier alpha value is -0.720. The minimum absolute atomic E-state index is 0.794. The van der Waals surface area contributed by atoms with E-state index < -0.39 is 0 Å². The number of hydrogen-bond acceptors (Lipinski definition) is 0. The molecule has 2 rings (SSSR count). The number of nitrogens with zero attached hydrogens (tertiary/aromatic N) is 1. The normalized spacial score (nSPS) is 19.2. The molecule has 0 N–H and O–H groups in total. The van der Waals surface area contributed by atoms with E-state index in [-0.39, 0.29) is 0 Å². The summed E-state index contributed by atoms with van der Waals surface area (Å²) in [7, 11) is 0. The molecule has 0 atom stereocenters. The van der Waals surface area contributed by atoms with Gasteiger partial charge >= 0.3 is 0 Å². The van der Waals surface area contributed by atoms with Crippen LogP contribution in [0.1, 0.15) is 49.4 Å². The van der Waals surface area contributed by atoms with Gasteiger partial charge in [-0.15, -0.1) is 0 Å². The molecule has 0 unspecified atom stereocenters. The predicted octanol–water partition coefficient (Wildman–Crippen LogP) is 3.61. The quantitative estimate of drug-likeness (QED) is 0.617. The Balaban J connectivity index is 2.18. The second kappa shape index (κ2) is 3.57. The SMILES string of the molecule is Cc1cc(C)n(C2CCCCC2)c1. The van der Waals surface area contributed by atoms with E-state index in [1.807, 2.05) is 0 Å². The fourth-order valence-electron chi connectivity index (χ4n) is 2.52. The van der Waals surface area contributed by atoms with Gasteiger partial charge in [0.1, 0.15) is 0 Å². The summed E-state index contributed by atoms with van der Waals surface area (Å²) in [5.74, 6) is 0. The maximum absolute atomic E-state index is 2.48. The van der Waals surface area contributed by atoms with Gasteiger partial charge in [-0.05, 0) is 38.3 Å². The van der Waals surface area contributed by atoms with Crippen LogP contribution in [0.4, 0.5) is 0 Å². The van der Waals surface area contributed by atoms with E-state index in [1.165, 1.54) is 43.4 Å². The smallest absolute Gasteiger partial charge is 0.0333 e. The van der Waals surface area contributed by atoms with Crippen molar-refractivity contribution in [1.29, 1.82) is 0 Å². The highest BCUT2D eigenvalue weighted by Crippen LogP contribution is 2.29. The van der Waals surface area contributed by atoms with Crippen molar-refractivity contribution >= 4 is 0 Å². The van der Waals surface area contributed by atoms with Gasteiger partial charge in [0.15, 0.2) is 0 Å². The van der Waals surface area contributed by atoms with Crippen LogP contribution >= 0.6 is 0 Å². The average molecular weight is 177 g/mol. The maximum atomic E-state index is 2.48. The van der Waals surface area contributed by atoms with Gasteiger partial charge in [-0.3, -0.25) is 0 Å². The van der Waals surface area contributed by atoms with Gasteiger partial charge in [0.05, 0.1) is 0 Å². The van der Waals surface area contributed by atoms with Crippen LogP contribution in [-0.4, -0.2) is 4.57 Å². The molecule has 0 aromatic carbocycles. The van der Waals surface area contributed by atoms with Crippen molar-refractivity contribution in [3.8, 4) is 0 Å². The molecule has 72 valence electrons. The predicted molar refractivity (Wildman–Crippen MR) is 56.0 cm³/mol. The molecule has 0 spiro atoms. The largest absolute Gasteiger partial charge is 0.348 e. The lowest BCUT2D eigenvalue weighted by molar-refractivity contribution is 0.350. The molecule has 1 nitrogen and oxygen atoms in total. The van der Waals surface area contributed by atoms with E-state index in [1.54, 1.807) is 0 Å². The number of aryl methyl sites for hydroxylation is 2. The Morgan fingerprint density at radius 3 is 2.38 bits per heavy atom. The summed E-state index contributed by atoms with van der Waals surface area (Å²) in [6, 6.07) is 3.08. The molecule has 1 heteroatoms. The molecule has 1 aromatic rings. The first-order valence-corrected chi connectivity index (χ1v) is 5.42. The molecule has 0 saturated heterocycles. The van der Waals surface area contributed by atoms with Crippen LogP contribution in [0.2, 0.25) is 0 Å².